The molecule has 1 N–H and O–H groups in total. The minimum atomic E-state index is -4.57. The van der Waals surface area contributed by atoms with E-state index in [2.05, 4.69) is 10.3 Å². The Kier molecular flexibility index (Phi) is 4.32. The summed E-state index contributed by atoms with van der Waals surface area (Å²) < 4.78 is 37.7. The van der Waals surface area contributed by atoms with Crippen molar-refractivity contribution < 1.29 is 22.8 Å². The van der Waals surface area contributed by atoms with E-state index in [9.17, 15) is 22.8 Å². The van der Waals surface area contributed by atoms with Gasteiger partial charge in [0.15, 0.2) is 10.8 Å². The van der Waals surface area contributed by atoms with Crippen LogP contribution in [-0.4, -0.2) is 16.7 Å². The van der Waals surface area contributed by atoms with Gasteiger partial charge in [0.2, 0.25) is 0 Å². The molecule has 1 aromatic heterocycles. The summed E-state index contributed by atoms with van der Waals surface area (Å²) in [5.74, 6) is -0.785. The van der Waals surface area contributed by atoms with Gasteiger partial charge < -0.3 is 5.32 Å². The first-order valence-corrected chi connectivity index (χ1v) is 6.97. The lowest BCUT2D eigenvalue weighted by molar-refractivity contribution is -0.137. The Balaban J connectivity index is 2.19. The molecule has 0 spiro atoms. The minimum absolute atomic E-state index is 0.0233. The number of hydrogen-bond donors (Lipinski definition) is 1. The van der Waals surface area contributed by atoms with Gasteiger partial charge in [-0.3, -0.25) is 9.59 Å². The first kappa shape index (κ1) is 16.2. The number of thiazole rings is 1. The lowest BCUT2D eigenvalue weighted by atomic mass is 10.1. The molecule has 0 aliphatic rings. The zero-order valence-corrected chi connectivity index (χ0v) is 12.4. The highest BCUT2D eigenvalue weighted by Crippen LogP contribution is 2.34. The number of aryl methyl sites for hydroxylation is 1. The highest BCUT2D eigenvalue weighted by atomic mass is 32.1. The Morgan fingerprint density at radius 3 is 2.23 bits per heavy atom. The molecule has 0 unspecified atom stereocenters. The predicted octanol–water partition coefficient (Wildman–Crippen LogP) is 3.93. The van der Waals surface area contributed by atoms with Crippen LogP contribution >= 0.6 is 11.3 Å². The van der Waals surface area contributed by atoms with Crippen molar-refractivity contribution in [3.05, 3.63) is 45.4 Å². The summed E-state index contributed by atoms with van der Waals surface area (Å²) in [6.07, 6.45) is -4.57. The SMILES string of the molecule is CC(=O)c1ccc(NC(=O)c2sc(C(F)(F)F)nc2C)cc1. The molecule has 1 amide bonds. The van der Waals surface area contributed by atoms with Gasteiger partial charge in [-0.2, -0.15) is 13.2 Å². The number of anilines is 1. The number of carbonyl (C=O) groups excluding carboxylic acids is 2. The molecule has 0 aliphatic carbocycles. The standard InChI is InChI=1S/C14H11F3N2O2S/c1-7-11(22-13(18-7)14(15,16)17)12(21)19-10-5-3-9(4-6-10)8(2)20/h3-6H,1-2H3,(H,19,21). The third-order valence-electron chi connectivity index (χ3n) is 2.79. The fraction of sp³-hybridized carbons (Fsp3) is 0.214. The van der Waals surface area contributed by atoms with E-state index in [0.29, 0.717) is 22.6 Å². The Bertz CT molecular complexity index is 721. The van der Waals surface area contributed by atoms with E-state index in [-0.39, 0.29) is 16.4 Å². The molecular weight excluding hydrogens is 317 g/mol. The second kappa shape index (κ2) is 5.88. The molecule has 0 radical (unpaired) electrons. The van der Waals surface area contributed by atoms with Gasteiger partial charge >= 0.3 is 6.18 Å². The molecule has 4 nitrogen and oxygen atoms in total. The summed E-state index contributed by atoms with van der Waals surface area (Å²) in [4.78, 5) is 26.4. The monoisotopic (exact) mass is 328 g/mol. The number of Topliss-reactive ketones (excluding diaryl/α,β-unsaturated/α-hetero) is 1. The molecule has 0 fully saturated rings. The molecule has 0 saturated carbocycles. The van der Waals surface area contributed by atoms with Crippen molar-refractivity contribution in [1.82, 2.24) is 4.98 Å². The number of nitrogens with one attached hydrogen (secondary N) is 1. The van der Waals surface area contributed by atoms with Crippen LogP contribution < -0.4 is 5.32 Å². The third kappa shape index (κ3) is 3.51. The van der Waals surface area contributed by atoms with Crippen LogP contribution in [0.4, 0.5) is 18.9 Å². The van der Waals surface area contributed by atoms with Crippen LogP contribution in [0.5, 0.6) is 0 Å². The van der Waals surface area contributed by atoms with Crippen molar-refractivity contribution in [2.45, 2.75) is 20.0 Å². The van der Waals surface area contributed by atoms with Crippen molar-refractivity contribution in [3.63, 3.8) is 0 Å². The molecule has 8 heteroatoms. The van der Waals surface area contributed by atoms with E-state index in [1.807, 2.05) is 0 Å². The van der Waals surface area contributed by atoms with E-state index < -0.39 is 17.1 Å². The number of aromatic nitrogens is 1. The molecule has 0 aliphatic heterocycles. The van der Waals surface area contributed by atoms with E-state index in [1.54, 1.807) is 0 Å². The minimum Gasteiger partial charge on any atom is -0.321 e. The second-order valence-electron chi connectivity index (χ2n) is 4.52. The van der Waals surface area contributed by atoms with Crippen LogP contribution in [0.3, 0.4) is 0 Å². The number of amides is 1. The van der Waals surface area contributed by atoms with Gasteiger partial charge in [0.25, 0.3) is 5.91 Å². The van der Waals surface area contributed by atoms with Crippen molar-refractivity contribution in [2.75, 3.05) is 5.32 Å². The first-order valence-electron chi connectivity index (χ1n) is 6.15. The van der Waals surface area contributed by atoms with Crippen molar-refractivity contribution >= 4 is 28.7 Å². The van der Waals surface area contributed by atoms with E-state index >= 15 is 0 Å². The van der Waals surface area contributed by atoms with E-state index in [0.717, 1.165) is 0 Å². The number of halogens is 3. The molecule has 116 valence electrons. The Labute approximate surface area is 128 Å². The summed E-state index contributed by atoms with van der Waals surface area (Å²) in [7, 11) is 0. The van der Waals surface area contributed by atoms with Crippen LogP contribution in [0.15, 0.2) is 24.3 Å². The molecule has 1 aromatic carbocycles. The van der Waals surface area contributed by atoms with Crippen LogP contribution in [0, 0.1) is 6.92 Å². The van der Waals surface area contributed by atoms with Crippen molar-refractivity contribution in [1.29, 1.82) is 0 Å². The number of carbonyl (C=O) groups is 2. The lowest BCUT2D eigenvalue weighted by Crippen LogP contribution is -2.11. The number of alkyl halides is 3. The number of rotatable bonds is 3. The summed E-state index contributed by atoms with van der Waals surface area (Å²) in [6, 6.07) is 6.07. The van der Waals surface area contributed by atoms with E-state index in [1.165, 1.54) is 38.1 Å². The third-order valence-corrected chi connectivity index (χ3v) is 4.00. The van der Waals surface area contributed by atoms with Gasteiger partial charge in [0.1, 0.15) is 4.88 Å². The molecular formula is C14H11F3N2O2S. The first-order chi connectivity index (χ1) is 10.2. The highest BCUT2D eigenvalue weighted by molar-refractivity contribution is 7.14. The van der Waals surface area contributed by atoms with Crippen molar-refractivity contribution in [2.24, 2.45) is 0 Å². The van der Waals surface area contributed by atoms with Crippen LogP contribution in [0.2, 0.25) is 0 Å². The Morgan fingerprint density at radius 2 is 1.77 bits per heavy atom. The van der Waals surface area contributed by atoms with Gasteiger partial charge in [-0.15, -0.1) is 11.3 Å². The van der Waals surface area contributed by atoms with Gasteiger partial charge in [0.05, 0.1) is 5.69 Å². The molecule has 2 rings (SSSR count). The fourth-order valence-electron chi connectivity index (χ4n) is 1.70. The van der Waals surface area contributed by atoms with Gasteiger partial charge in [-0.05, 0) is 38.1 Å². The molecule has 0 atom stereocenters. The van der Waals surface area contributed by atoms with Crippen LogP contribution in [-0.2, 0) is 6.18 Å². The van der Waals surface area contributed by atoms with Gasteiger partial charge in [0, 0.05) is 11.3 Å². The maximum atomic E-state index is 12.6. The number of hydrogen-bond acceptors (Lipinski definition) is 4. The lowest BCUT2D eigenvalue weighted by Gasteiger charge is -2.04. The zero-order chi connectivity index (χ0) is 16.5. The maximum absolute atomic E-state index is 12.6. The predicted molar refractivity (Wildman–Crippen MR) is 76.3 cm³/mol. The number of nitrogens with zero attached hydrogens (tertiary/aromatic N) is 1. The smallest absolute Gasteiger partial charge is 0.321 e. The van der Waals surface area contributed by atoms with Crippen LogP contribution in [0.1, 0.15) is 37.7 Å². The molecule has 1 heterocycles. The topological polar surface area (TPSA) is 59.1 Å². The maximum Gasteiger partial charge on any atom is 0.443 e. The van der Waals surface area contributed by atoms with Gasteiger partial charge in [-0.1, -0.05) is 0 Å². The molecule has 0 bridgehead atoms. The largest absolute Gasteiger partial charge is 0.443 e. The average molecular weight is 328 g/mol. The zero-order valence-electron chi connectivity index (χ0n) is 11.6. The normalized spacial score (nSPS) is 11.3. The Morgan fingerprint density at radius 1 is 1.18 bits per heavy atom. The molecule has 2 aromatic rings. The Hall–Kier alpha value is -2.22. The highest BCUT2D eigenvalue weighted by Gasteiger charge is 2.36. The van der Waals surface area contributed by atoms with E-state index in [4.69, 9.17) is 0 Å². The summed E-state index contributed by atoms with van der Waals surface area (Å²) >= 11 is 0.300. The average Bonchev–Trinajstić information content (AvgIpc) is 2.81. The summed E-state index contributed by atoms with van der Waals surface area (Å²) in [6.45, 7) is 2.76. The summed E-state index contributed by atoms with van der Waals surface area (Å²) in [5.41, 5.74) is 0.887. The summed E-state index contributed by atoms with van der Waals surface area (Å²) in [5, 5.41) is 1.43. The fourth-order valence-corrected chi connectivity index (χ4v) is 2.53. The number of benzene rings is 1. The molecule has 22 heavy (non-hydrogen) atoms. The second-order valence-corrected chi connectivity index (χ2v) is 5.52. The number of ketones is 1. The molecule has 0 saturated heterocycles. The van der Waals surface area contributed by atoms with Crippen molar-refractivity contribution in [3.8, 4) is 0 Å². The van der Waals surface area contributed by atoms with Crippen LogP contribution in [0.25, 0.3) is 0 Å². The van der Waals surface area contributed by atoms with Gasteiger partial charge in [-0.25, -0.2) is 4.98 Å². The quantitative estimate of drug-likeness (QED) is 0.869.